The average molecular weight is 184 g/mol. The van der Waals surface area contributed by atoms with Crippen molar-refractivity contribution in [3.63, 3.8) is 0 Å². The first-order chi connectivity index (χ1) is 6.24. The van der Waals surface area contributed by atoms with Gasteiger partial charge >= 0.3 is 0 Å². The van der Waals surface area contributed by atoms with E-state index in [-0.39, 0.29) is 24.7 Å². The normalized spacial score (nSPS) is 10.1. The van der Waals surface area contributed by atoms with E-state index < -0.39 is 0 Å². The molecule has 0 aliphatic carbocycles. The smallest absolute Gasteiger partial charge is 0.166 e. The van der Waals surface area contributed by atoms with Gasteiger partial charge in [-0.15, -0.1) is 0 Å². The van der Waals surface area contributed by atoms with E-state index in [2.05, 4.69) is 0 Å². The third-order valence-corrected chi connectivity index (χ3v) is 1.84. The van der Waals surface area contributed by atoms with Crippen LogP contribution in [0.3, 0.4) is 0 Å². The molecular formula is C9H12O4. The highest BCUT2D eigenvalue weighted by molar-refractivity contribution is 5.50. The highest BCUT2D eigenvalue weighted by Crippen LogP contribution is 2.33. The maximum atomic E-state index is 9.50. The minimum atomic E-state index is -0.256. The molecule has 0 spiro atoms. The molecule has 0 heterocycles. The first kappa shape index (κ1) is 9.83. The fourth-order valence-electron chi connectivity index (χ4n) is 1.13. The van der Waals surface area contributed by atoms with Crippen molar-refractivity contribution in [3.05, 3.63) is 23.3 Å². The lowest BCUT2D eigenvalue weighted by atomic mass is 10.1. The lowest BCUT2D eigenvalue weighted by Crippen LogP contribution is -1.95. The van der Waals surface area contributed by atoms with Crippen molar-refractivity contribution in [2.24, 2.45) is 0 Å². The van der Waals surface area contributed by atoms with E-state index in [4.69, 9.17) is 14.9 Å². The molecule has 13 heavy (non-hydrogen) atoms. The van der Waals surface area contributed by atoms with Crippen molar-refractivity contribution in [1.82, 2.24) is 0 Å². The summed E-state index contributed by atoms with van der Waals surface area (Å²) in [6.07, 6.45) is 0. The van der Waals surface area contributed by atoms with E-state index in [9.17, 15) is 5.11 Å². The van der Waals surface area contributed by atoms with Crippen LogP contribution in [0.2, 0.25) is 0 Å². The molecule has 0 aliphatic heterocycles. The van der Waals surface area contributed by atoms with Crippen LogP contribution in [0.25, 0.3) is 0 Å². The van der Waals surface area contributed by atoms with Gasteiger partial charge in [-0.1, -0.05) is 12.1 Å². The molecule has 1 rings (SSSR count). The van der Waals surface area contributed by atoms with Gasteiger partial charge in [0.1, 0.15) is 0 Å². The predicted octanol–water partition coefficient (Wildman–Crippen LogP) is 0.385. The second-order valence-corrected chi connectivity index (χ2v) is 2.58. The quantitative estimate of drug-likeness (QED) is 0.635. The number of phenols is 1. The zero-order valence-corrected chi connectivity index (χ0v) is 7.32. The predicted molar refractivity (Wildman–Crippen MR) is 46.5 cm³/mol. The molecule has 0 amide bonds. The van der Waals surface area contributed by atoms with E-state index in [1.807, 2.05) is 0 Å². The van der Waals surface area contributed by atoms with E-state index in [0.29, 0.717) is 11.1 Å². The summed E-state index contributed by atoms with van der Waals surface area (Å²) in [7, 11) is 1.40. The van der Waals surface area contributed by atoms with Crippen molar-refractivity contribution in [3.8, 4) is 11.5 Å². The maximum absolute atomic E-state index is 9.50. The van der Waals surface area contributed by atoms with Crippen LogP contribution < -0.4 is 4.74 Å². The molecule has 0 aromatic heterocycles. The molecule has 0 fully saturated rings. The molecule has 4 nitrogen and oxygen atoms in total. The van der Waals surface area contributed by atoms with Gasteiger partial charge in [-0.25, -0.2) is 0 Å². The van der Waals surface area contributed by atoms with Gasteiger partial charge in [0.25, 0.3) is 0 Å². The second-order valence-electron chi connectivity index (χ2n) is 2.58. The first-order valence-corrected chi connectivity index (χ1v) is 3.84. The number of rotatable bonds is 3. The SMILES string of the molecule is COc1c(CO)ccc(CO)c1O. The standard InChI is InChI=1S/C9H12O4/c1-13-9-7(5-11)3-2-6(4-10)8(9)12/h2-3,10-12H,4-5H2,1H3. The number of hydrogen-bond acceptors (Lipinski definition) is 4. The van der Waals surface area contributed by atoms with Crippen LogP contribution in [0.15, 0.2) is 12.1 Å². The van der Waals surface area contributed by atoms with Gasteiger partial charge in [0, 0.05) is 11.1 Å². The summed E-state index contributed by atoms with van der Waals surface area (Å²) in [5, 5.41) is 27.2. The van der Waals surface area contributed by atoms with Crippen molar-refractivity contribution in [1.29, 1.82) is 0 Å². The Kier molecular flexibility index (Phi) is 3.11. The van der Waals surface area contributed by atoms with Gasteiger partial charge in [-0.2, -0.15) is 0 Å². The number of benzene rings is 1. The topological polar surface area (TPSA) is 69.9 Å². The Hall–Kier alpha value is -1.26. The Morgan fingerprint density at radius 2 is 1.69 bits per heavy atom. The highest BCUT2D eigenvalue weighted by atomic mass is 16.5. The third-order valence-electron chi connectivity index (χ3n) is 1.84. The Labute approximate surface area is 76.0 Å². The summed E-state index contributed by atoms with van der Waals surface area (Å²) in [5.74, 6) is 0.102. The summed E-state index contributed by atoms with van der Waals surface area (Å²) in [6.45, 7) is -0.462. The van der Waals surface area contributed by atoms with Crippen molar-refractivity contribution in [2.45, 2.75) is 13.2 Å². The zero-order valence-electron chi connectivity index (χ0n) is 7.32. The van der Waals surface area contributed by atoms with Gasteiger partial charge in [0.2, 0.25) is 0 Å². The molecule has 1 aromatic carbocycles. The van der Waals surface area contributed by atoms with Crippen LogP contribution in [0.1, 0.15) is 11.1 Å². The summed E-state index contributed by atoms with van der Waals surface area (Å²) < 4.78 is 4.89. The van der Waals surface area contributed by atoms with E-state index in [1.165, 1.54) is 7.11 Å². The molecule has 4 heteroatoms. The number of aliphatic hydroxyl groups is 2. The first-order valence-electron chi connectivity index (χ1n) is 3.84. The summed E-state index contributed by atoms with van der Waals surface area (Å²) >= 11 is 0. The summed E-state index contributed by atoms with van der Waals surface area (Å²) in [4.78, 5) is 0. The van der Waals surface area contributed by atoms with Crippen molar-refractivity contribution >= 4 is 0 Å². The Balaban J connectivity index is 3.23. The molecule has 0 bridgehead atoms. The van der Waals surface area contributed by atoms with Crippen LogP contribution in [-0.4, -0.2) is 22.4 Å². The fourth-order valence-corrected chi connectivity index (χ4v) is 1.13. The number of hydrogen-bond donors (Lipinski definition) is 3. The minimum absolute atomic E-state index is 0.114. The number of aromatic hydroxyl groups is 1. The third kappa shape index (κ3) is 1.74. The Morgan fingerprint density at radius 1 is 1.15 bits per heavy atom. The van der Waals surface area contributed by atoms with E-state index in [1.54, 1.807) is 12.1 Å². The van der Waals surface area contributed by atoms with Gasteiger partial charge in [0.05, 0.1) is 20.3 Å². The molecular weight excluding hydrogens is 172 g/mol. The van der Waals surface area contributed by atoms with Crippen molar-refractivity contribution < 1.29 is 20.1 Å². The molecule has 3 N–H and O–H groups in total. The summed E-state index contributed by atoms with van der Waals surface area (Å²) in [6, 6.07) is 3.15. The van der Waals surface area contributed by atoms with Crippen molar-refractivity contribution in [2.75, 3.05) is 7.11 Å². The Bertz CT molecular complexity index is 296. The molecule has 0 atom stereocenters. The average Bonchev–Trinajstić information content (AvgIpc) is 2.17. The number of methoxy groups -OCH3 is 1. The lowest BCUT2D eigenvalue weighted by Gasteiger charge is -2.10. The van der Waals surface area contributed by atoms with Gasteiger partial charge < -0.3 is 20.1 Å². The molecule has 0 unspecified atom stereocenters. The number of aliphatic hydroxyl groups excluding tert-OH is 2. The maximum Gasteiger partial charge on any atom is 0.166 e. The van der Waals surface area contributed by atoms with Gasteiger partial charge in [0.15, 0.2) is 11.5 Å². The van der Waals surface area contributed by atoms with Crippen LogP contribution in [0.4, 0.5) is 0 Å². The molecule has 0 aliphatic rings. The lowest BCUT2D eigenvalue weighted by molar-refractivity contribution is 0.262. The Morgan fingerprint density at radius 3 is 2.15 bits per heavy atom. The fraction of sp³-hybridized carbons (Fsp3) is 0.333. The molecule has 0 saturated heterocycles. The highest BCUT2D eigenvalue weighted by Gasteiger charge is 2.11. The van der Waals surface area contributed by atoms with Crippen LogP contribution >= 0.6 is 0 Å². The molecule has 1 aromatic rings. The summed E-state index contributed by atoms with van der Waals surface area (Å²) in [5.41, 5.74) is 0.881. The minimum Gasteiger partial charge on any atom is -0.504 e. The van der Waals surface area contributed by atoms with Gasteiger partial charge in [-0.05, 0) is 0 Å². The zero-order chi connectivity index (χ0) is 9.84. The van der Waals surface area contributed by atoms with Gasteiger partial charge in [-0.3, -0.25) is 0 Å². The van der Waals surface area contributed by atoms with Crippen LogP contribution in [0.5, 0.6) is 11.5 Å². The van der Waals surface area contributed by atoms with E-state index >= 15 is 0 Å². The molecule has 72 valence electrons. The van der Waals surface area contributed by atoms with Crippen LogP contribution in [-0.2, 0) is 13.2 Å². The largest absolute Gasteiger partial charge is 0.504 e. The van der Waals surface area contributed by atoms with E-state index in [0.717, 1.165) is 0 Å². The van der Waals surface area contributed by atoms with Crippen LogP contribution in [0, 0.1) is 0 Å². The second kappa shape index (κ2) is 4.11. The molecule has 0 saturated carbocycles. The monoisotopic (exact) mass is 184 g/mol. The molecule has 0 radical (unpaired) electrons. The number of ether oxygens (including phenoxy) is 1.